The van der Waals surface area contributed by atoms with Crippen molar-refractivity contribution in [3.63, 3.8) is 0 Å². The molecule has 0 spiro atoms. The van der Waals surface area contributed by atoms with Crippen LogP contribution in [0.3, 0.4) is 0 Å². The summed E-state index contributed by atoms with van der Waals surface area (Å²) in [6.07, 6.45) is 4.80. The molecular weight excluding hydrogens is 258 g/mol. The van der Waals surface area contributed by atoms with Gasteiger partial charge in [0, 0.05) is 24.6 Å². The van der Waals surface area contributed by atoms with Crippen LogP contribution in [-0.4, -0.2) is 9.78 Å². The van der Waals surface area contributed by atoms with Crippen LogP contribution in [0.15, 0.2) is 67.0 Å². The molecule has 0 radical (unpaired) electrons. The number of hydrogen-bond donors (Lipinski definition) is 1. The number of benzene rings is 2. The van der Waals surface area contributed by atoms with E-state index in [-0.39, 0.29) is 0 Å². The van der Waals surface area contributed by atoms with Gasteiger partial charge in [-0.25, -0.2) is 4.68 Å². The van der Waals surface area contributed by atoms with Crippen LogP contribution in [0.4, 0.5) is 5.69 Å². The summed E-state index contributed by atoms with van der Waals surface area (Å²) in [5.74, 6) is 0. The molecule has 0 saturated heterocycles. The second kappa shape index (κ2) is 6.27. The van der Waals surface area contributed by atoms with Gasteiger partial charge in [-0.2, -0.15) is 5.10 Å². The van der Waals surface area contributed by atoms with Gasteiger partial charge < -0.3 is 5.32 Å². The Balaban J connectivity index is 1.68. The van der Waals surface area contributed by atoms with Gasteiger partial charge in [-0.15, -0.1) is 0 Å². The molecule has 1 aromatic heterocycles. The van der Waals surface area contributed by atoms with Crippen molar-refractivity contribution < 1.29 is 0 Å². The molecule has 0 saturated carbocycles. The first kappa shape index (κ1) is 13.4. The van der Waals surface area contributed by atoms with E-state index in [1.165, 1.54) is 11.1 Å². The van der Waals surface area contributed by atoms with Crippen molar-refractivity contribution in [2.24, 2.45) is 0 Å². The Morgan fingerprint density at radius 2 is 1.71 bits per heavy atom. The number of aryl methyl sites for hydroxylation is 1. The maximum Gasteiger partial charge on any atom is 0.0647 e. The molecular formula is C18H19N3. The molecule has 0 aliphatic carbocycles. The van der Waals surface area contributed by atoms with E-state index in [2.05, 4.69) is 65.9 Å². The van der Waals surface area contributed by atoms with Gasteiger partial charge in [0.05, 0.1) is 5.69 Å². The summed E-state index contributed by atoms with van der Waals surface area (Å²) in [4.78, 5) is 0. The largest absolute Gasteiger partial charge is 0.381 e. The first-order valence-electron chi connectivity index (χ1n) is 7.27. The van der Waals surface area contributed by atoms with Gasteiger partial charge in [0.2, 0.25) is 0 Å². The first-order chi connectivity index (χ1) is 10.4. The van der Waals surface area contributed by atoms with Gasteiger partial charge in [-0.1, -0.05) is 31.2 Å². The molecule has 3 nitrogen and oxygen atoms in total. The third-order valence-electron chi connectivity index (χ3n) is 3.62. The van der Waals surface area contributed by atoms with Crippen LogP contribution < -0.4 is 5.32 Å². The van der Waals surface area contributed by atoms with E-state index >= 15 is 0 Å². The fourth-order valence-corrected chi connectivity index (χ4v) is 2.43. The summed E-state index contributed by atoms with van der Waals surface area (Å²) in [6.45, 7) is 3.04. The van der Waals surface area contributed by atoms with Crippen molar-refractivity contribution in [2.45, 2.75) is 19.9 Å². The molecule has 3 heteroatoms. The molecule has 0 unspecified atom stereocenters. The maximum atomic E-state index is 4.23. The molecule has 3 aromatic rings. The predicted octanol–water partition coefficient (Wildman–Crippen LogP) is 4.05. The molecule has 106 valence electrons. The van der Waals surface area contributed by atoms with E-state index in [4.69, 9.17) is 0 Å². The van der Waals surface area contributed by atoms with Gasteiger partial charge in [-0.05, 0) is 47.9 Å². The van der Waals surface area contributed by atoms with Crippen molar-refractivity contribution in [2.75, 3.05) is 5.32 Å². The highest BCUT2D eigenvalue weighted by Gasteiger charge is 2.00. The third kappa shape index (κ3) is 3.14. The minimum Gasteiger partial charge on any atom is -0.381 e. The zero-order valence-corrected chi connectivity index (χ0v) is 12.2. The molecule has 1 heterocycles. The summed E-state index contributed by atoms with van der Waals surface area (Å²) in [7, 11) is 0. The number of nitrogens with zero attached hydrogens (tertiary/aromatic N) is 2. The van der Waals surface area contributed by atoms with Crippen LogP contribution in [0.25, 0.3) is 5.69 Å². The highest BCUT2D eigenvalue weighted by molar-refractivity contribution is 5.49. The van der Waals surface area contributed by atoms with E-state index in [0.29, 0.717) is 0 Å². The summed E-state index contributed by atoms with van der Waals surface area (Å²) < 4.78 is 1.86. The highest BCUT2D eigenvalue weighted by Crippen LogP contribution is 2.15. The van der Waals surface area contributed by atoms with Gasteiger partial charge in [-0.3, -0.25) is 0 Å². The van der Waals surface area contributed by atoms with Gasteiger partial charge in [0.15, 0.2) is 0 Å². The molecule has 0 fully saturated rings. The van der Waals surface area contributed by atoms with E-state index in [1.807, 2.05) is 16.9 Å². The molecule has 0 aliphatic heterocycles. The summed E-state index contributed by atoms with van der Waals surface area (Å²) >= 11 is 0. The minimum atomic E-state index is 0.852. The van der Waals surface area contributed by atoms with Gasteiger partial charge in [0.25, 0.3) is 0 Å². The van der Waals surface area contributed by atoms with Crippen LogP contribution in [0.1, 0.15) is 18.1 Å². The Morgan fingerprint density at radius 3 is 2.38 bits per heavy atom. The number of hydrogen-bond acceptors (Lipinski definition) is 2. The van der Waals surface area contributed by atoms with Crippen molar-refractivity contribution >= 4 is 5.69 Å². The topological polar surface area (TPSA) is 29.9 Å². The lowest BCUT2D eigenvalue weighted by Gasteiger charge is -2.11. The lowest BCUT2D eigenvalue weighted by molar-refractivity contribution is 0.880. The smallest absolute Gasteiger partial charge is 0.0647 e. The molecule has 0 aliphatic rings. The Hall–Kier alpha value is -2.55. The number of nitrogens with one attached hydrogen (secondary N) is 1. The van der Waals surface area contributed by atoms with Gasteiger partial charge >= 0.3 is 0 Å². The third-order valence-corrected chi connectivity index (χ3v) is 3.62. The highest BCUT2D eigenvalue weighted by atomic mass is 15.3. The quantitative estimate of drug-likeness (QED) is 0.762. The molecule has 0 atom stereocenters. The van der Waals surface area contributed by atoms with E-state index < -0.39 is 0 Å². The second-order valence-electron chi connectivity index (χ2n) is 4.97. The molecule has 3 rings (SSSR count). The Bertz CT molecular complexity index is 685. The Kier molecular flexibility index (Phi) is 4.01. The standard InChI is InChI=1S/C18H19N3/c1-2-15-6-3-4-7-16(15)14-19-17-8-10-18(11-9-17)21-13-5-12-20-21/h3-13,19H,2,14H2,1H3. The number of anilines is 1. The number of aromatic nitrogens is 2. The van der Waals surface area contributed by atoms with Crippen LogP contribution in [-0.2, 0) is 13.0 Å². The van der Waals surface area contributed by atoms with Crippen molar-refractivity contribution in [1.29, 1.82) is 0 Å². The first-order valence-corrected chi connectivity index (χ1v) is 7.27. The fraction of sp³-hybridized carbons (Fsp3) is 0.167. The van der Waals surface area contributed by atoms with E-state index in [0.717, 1.165) is 24.3 Å². The second-order valence-corrected chi connectivity index (χ2v) is 4.97. The summed E-state index contributed by atoms with van der Waals surface area (Å²) in [5.41, 5.74) is 4.95. The monoisotopic (exact) mass is 277 g/mol. The van der Waals surface area contributed by atoms with Crippen molar-refractivity contribution in [1.82, 2.24) is 9.78 Å². The van der Waals surface area contributed by atoms with Crippen LogP contribution in [0.5, 0.6) is 0 Å². The molecule has 0 amide bonds. The zero-order valence-electron chi connectivity index (χ0n) is 12.2. The summed E-state index contributed by atoms with van der Waals surface area (Å²) in [6, 6.07) is 18.8. The summed E-state index contributed by atoms with van der Waals surface area (Å²) in [5, 5.41) is 7.71. The van der Waals surface area contributed by atoms with E-state index in [9.17, 15) is 0 Å². The fourth-order valence-electron chi connectivity index (χ4n) is 2.43. The molecule has 0 bridgehead atoms. The Labute approximate surface area is 125 Å². The van der Waals surface area contributed by atoms with Crippen LogP contribution in [0, 0.1) is 0 Å². The normalized spacial score (nSPS) is 10.5. The minimum absolute atomic E-state index is 0.852. The molecule has 21 heavy (non-hydrogen) atoms. The van der Waals surface area contributed by atoms with Crippen LogP contribution >= 0.6 is 0 Å². The van der Waals surface area contributed by atoms with Crippen molar-refractivity contribution in [3.05, 3.63) is 78.1 Å². The van der Waals surface area contributed by atoms with Crippen LogP contribution in [0.2, 0.25) is 0 Å². The average molecular weight is 277 g/mol. The lowest BCUT2D eigenvalue weighted by atomic mass is 10.1. The zero-order chi connectivity index (χ0) is 14.5. The number of rotatable bonds is 5. The SMILES string of the molecule is CCc1ccccc1CNc1ccc(-n2cccn2)cc1. The Morgan fingerprint density at radius 1 is 0.952 bits per heavy atom. The maximum absolute atomic E-state index is 4.23. The predicted molar refractivity (Wildman–Crippen MR) is 86.7 cm³/mol. The van der Waals surface area contributed by atoms with E-state index in [1.54, 1.807) is 6.20 Å². The molecule has 2 aromatic carbocycles. The lowest BCUT2D eigenvalue weighted by Crippen LogP contribution is -2.02. The average Bonchev–Trinajstić information content (AvgIpc) is 3.08. The van der Waals surface area contributed by atoms with Gasteiger partial charge in [0.1, 0.15) is 0 Å². The molecule has 1 N–H and O–H groups in total. The van der Waals surface area contributed by atoms with Crippen molar-refractivity contribution in [3.8, 4) is 5.69 Å².